The summed E-state index contributed by atoms with van der Waals surface area (Å²) in [7, 11) is 0. The molecule has 1 aliphatic rings. The van der Waals surface area contributed by atoms with Gasteiger partial charge in [0.25, 0.3) is 0 Å². The number of hydrogen-bond acceptors (Lipinski definition) is 5. The monoisotopic (exact) mass is 304 g/mol. The molecule has 0 radical (unpaired) electrons. The zero-order valence-electron chi connectivity index (χ0n) is 12.1. The third-order valence-corrected chi connectivity index (χ3v) is 3.76. The summed E-state index contributed by atoms with van der Waals surface area (Å²) in [5.41, 5.74) is 2.13. The number of rotatable bonds is 4. The van der Waals surface area contributed by atoms with Crippen LogP contribution in [-0.4, -0.2) is 34.6 Å². The first-order chi connectivity index (χ1) is 10.2. The number of aromatic nitrogens is 3. The van der Waals surface area contributed by atoms with E-state index in [2.05, 4.69) is 34.9 Å². The van der Waals surface area contributed by atoms with Crippen molar-refractivity contribution < 1.29 is 4.74 Å². The van der Waals surface area contributed by atoms with Crippen molar-refractivity contribution in [3.8, 4) is 17.1 Å². The Morgan fingerprint density at radius 3 is 2.76 bits per heavy atom. The van der Waals surface area contributed by atoms with Gasteiger partial charge in [-0.05, 0) is 49.2 Å². The van der Waals surface area contributed by atoms with E-state index in [4.69, 9.17) is 16.3 Å². The minimum atomic E-state index is 0.221. The van der Waals surface area contributed by atoms with Crippen LogP contribution in [0.15, 0.2) is 18.2 Å². The Bertz CT molecular complexity index is 658. The van der Waals surface area contributed by atoms with Crippen molar-refractivity contribution in [1.82, 2.24) is 15.0 Å². The fraction of sp³-hybridized carbons (Fsp3) is 0.400. The van der Waals surface area contributed by atoms with Crippen molar-refractivity contribution in [2.24, 2.45) is 0 Å². The van der Waals surface area contributed by atoms with E-state index in [0.717, 1.165) is 37.4 Å². The predicted molar refractivity (Wildman–Crippen MR) is 83.0 cm³/mol. The van der Waals surface area contributed by atoms with Crippen molar-refractivity contribution in [2.75, 3.05) is 24.6 Å². The molecule has 21 heavy (non-hydrogen) atoms. The van der Waals surface area contributed by atoms with Crippen molar-refractivity contribution >= 4 is 17.5 Å². The first-order valence-corrected chi connectivity index (χ1v) is 7.51. The number of benzene rings is 1. The fourth-order valence-corrected chi connectivity index (χ4v) is 2.60. The molecule has 0 aliphatic carbocycles. The molecule has 3 rings (SSSR count). The summed E-state index contributed by atoms with van der Waals surface area (Å²) in [5.74, 6) is 2.17. The second kappa shape index (κ2) is 5.85. The number of ether oxygens (including phenoxy) is 1. The molecule has 0 saturated carbocycles. The van der Waals surface area contributed by atoms with Gasteiger partial charge in [-0.3, -0.25) is 0 Å². The predicted octanol–water partition coefficient (Wildman–Crippen LogP) is 2.97. The van der Waals surface area contributed by atoms with Crippen LogP contribution in [0.3, 0.4) is 0 Å². The van der Waals surface area contributed by atoms with Crippen LogP contribution < -0.4 is 9.64 Å². The van der Waals surface area contributed by atoms with Crippen LogP contribution in [0.4, 0.5) is 5.95 Å². The minimum Gasteiger partial charge on any atom is -0.493 e. The molecule has 6 heteroatoms. The van der Waals surface area contributed by atoms with Gasteiger partial charge in [-0.15, -0.1) is 0 Å². The normalized spacial score (nSPS) is 12.9. The van der Waals surface area contributed by atoms with Crippen LogP contribution in [0.5, 0.6) is 5.75 Å². The van der Waals surface area contributed by atoms with Crippen molar-refractivity contribution in [1.29, 1.82) is 0 Å². The van der Waals surface area contributed by atoms with Crippen LogP contribution in [0, 0.1) is 0 Å². The van der Waals surface area contributed by atoms with Gasteiger partial charge in [0.1, 0.15) is 5.75 Å². The molecular weight excluding hydrogens is 288 g/mol. The Balaban J connectivity index is 2.02. The molecular formula is C15H17ClN4O. The largest absolute Gasteiger partial charge is 0.493 e. The lowest BCUT2D eigenvalue weighted by Gasteiger charge is -2.18. The molecule has 0 atom stereocenters. The first-order valence-electron chi connectivity index (χ1n) is 7.14. The standard InChI is InChI=1S/C15H17ClN4O/c1-3-20(4-2)15-18-13(17-14(16)19-15)11-5-6-12-10(9-11)7-8-21-12/h5-6,9H,3-4,7-8H2,1-2H3. The summed E-state index contributed by atoms with van der Waals surface area (Å²) in [5, 5.41) is 0.221. The second-order valence-electron chi connectivity index (χ2n) is 4.82. The molecule has 0 fully saturated rings. The van der Waals surface area contributed by atoms with E-state index in [1.807, 2.05) is 17.0 Å². The Morgan fingerprint density at radius 1 is 1.19 bits per heavy atom. The molecule has 0 spiro atoms. The maximum atomic E-state index is 6.06. The number of nitrogens with zero attached hydrogens (tertiary/aromatic N) is 4. The summed E-state index contributed by atoms with van der Waals surface area (Å²) in [4.78, 5) is 15.1. The topological polar surface area (TPSA) is 51.1 Å². The van der Waals surface area contributed by atoms with Gasteiger partial charge in [-0.2, -0.15) is 15.0 Å². The lowest BCUT2D eigenvalue weighted by molar-refractivity contribution is 0.357. The Kier molecular flexibility index (Phi) is 3.92. The van der Waals surface area contributed by atoms with Gasteiger partial charge in [-0.25, -0.2) is 0 Å². The van der Waals surface area contributed by atoms with Crippen LogP contribution in [0.25, 0.3) is 11.4 Å². The van der Waals surface area contributed by atoms with Gasteiger partial charge in [0.05, 0.1) is 6.61 Å². The first kappa shape index (κ1) is 14.1. The Labute approximate surface area is 129 Å². The molecule has 1 aromatic heterocycles. The summed E-state index contributed by atoms with van der Waals surface area (Å²) in [6.07, 6.45) is 0.922. The lowest BCUT2D eigenvalue weighted by Crippen LogP contribution is -2.24. The summed E-state index contributed by atoms with van der Waals surface area (Å²) >= 11 is 6.06. The van der Waals surface area contributed by atoms with Gasteiger partial charge < -0.3 is 9.64 Å². The van der Waals surface area contributed by atoms with E-state index in [1.165, 1.54) is 5.56 Å². The molecule has 0 N–H and O–H groups in total. The highest BCUT2D eigenvalue weighted by atomic mass is 35.5. The number of anilines is 1. The van der Waals surface area contributed by atoms with Gasteiger partial charge >= 0.3 is 0 Å². The highest BCUT2D eigenvalue weighted by Crippen LogP contribution is 2.29. The second-order valence-corrected chi connectivity index (χ2v) is 5.16. The maximum absolute atomic E-state index is 6.06. The SMILES string of the molecule is CCN(CC)c1nc(Cl)nc(-c2ccc3c(c2)CCO3)n1. The van der Waals surface area contributed by atoms with E-state index in [1.54, 1.807) is 0 Å². The smallest absolute Gasteiger partial charge is 0.230 e. The third-order valence-electron chi connectivity index (χ3n) is 3.59. The quantitative estimate of drug-likeness (QED) is 0.869. The van der Waals surface area contributed by atoms with E-state index in [0.29, 0.717) is 11.8 Å². The van der Waals surface area contributed by atoms with Crippen molar-refractivity contribution in [3.05, 3.63) is 29.0 Å². The van der Waals surface area contributed by atoms with E-state index in [9.17, 15) is 0 Å². The zero-order chi connectivity index (χ0) is 14.8. The zero-order valence-corrected chi connectivity index (χ0v) is 12.9. The average Bonchev–Trinajstić information content (AvgIpc) is 2.95. The van der Waals surface area contributed by atoms with E-state index in [-0.39, 0.29) is 5.28 Å². The van der Waals surface area contributed by atoms with E-state index >= 15 is 0 Å². The van der Waals surface area contributed by atoms with Crippen molar-refractivity contribution in [2.45, 2.75) is 20.3 Å². The van der Waals surface area contributed by atoms with Gasteiger partial charge in [-0.1, -0.05) is 0 Å². The van der Waals surface area contributed by atoms with Crippen LogP contribution >= 0.6 is 11.6 Å². The molecule has 0 bridgehead atoms. The van der Waals surface area contributed by atoms with Gasteiger partial charge in [0.15, 0.2) is 5.82 Å². The van der Waals surface area contributed by atoms with E-state index < -0.39 is 0 Å². The van der Waals surface area contributed by atoms with Gasteiger partial charge in [0, 0.05) is 25.1 Å². The maximum Gasteiger partial charge on any atom is 0.230 e. The number of hydrogen-bond donors (Lipinski definition) is 0. The van der Waals surface area contributed by atoms with Crippen molar-refractivity contribution in [3.63, 3.8) is 0 Å². The van der Waals surface area contributed by atoms with Crippen LogP contribution in [-0.2, 0) is 6.42 Å². The molecule has 0 saturated heterocycles. The minimum absolute atomic E-state index is 0.221. The highest BCUT2D eigenvalue weighted by molar-refractivity contribution is 6.28. The Morgan fingerprint density at radius 2 is 2.00 bits per heavy atom. The molecule has 110 valence electrons. The molecule has 2 aromatic rings. The number of halogens is 1. The highest BCUT2D eigenvalue weighted by Gasteiger charge is 2.16. The van der Waals surface area contributed by atoms with Gasteiger partial charge in [0.2, 0.25) is 11.2 Å². The summed E-state index contributed by atoms with van der Waals surface area (Å²) < 4.78 is 5.52. The van der Waals surface area contributed by atoms with Crippen LogP contribution in [0.1, 0.15) is 19.4 Å². The third kappa shape index (κ3) is 2.78. The summed E-state index contributed by atoms with van der Waals surface area (Å²) in [6, 6.07) is 5.99. The molecule has 2 heterocycles. The molecule has 5 nitrogen and oxygen atoms in total. The van der Waals surface area contributed by atoms with Crippen LogP contribution in [0.2, 0.25) is 5.28 Å². The Hall–Kier alpha value is -1.88. The lowest BCUT2D eigenvalue weighted by atomic mass is 10.1. The molecule has 0 amide bonds. The molecule has 1 aliphatic heterocycles. The molecule has 1 aromatic carbocycles. The fourth-order valence-electron chi connectivity index (χ4n) is 2.44. The molecule has 0 unspecified atom stereocenters. The number of fused-ring (bicyclic) bond motifs is 1. The average molecular weight is 305 g/mol. The summed E-state index contributed by atoms with van der Waals surface area (Å²) in [6.45, 7) is 6.52.